The minimum absolute atomic E-state index is 0.0648. The molecule has 0 saturated heterocycles. The highest BCUT2D eigenvalue weighted by molar-refractivity contribution is 7.90. The average molecular weight is 268 g/mol. The number of primary amides is 1. The van der Waals surface area contributed by atoms with Crippen LogP contribution in [0.4, 0.5) is 0 Å². The molecule has 0 aromatic heterocycles. The number of fused-ring (bicyclic) bond motifs is 1. The van der Waals surface area contributed by atoms with Crippen LogP contribution in [0, 0.1) is 0 Å². The largest absolute Gasteiger partial charge is 0.366 e. The fourth-order valence-electron chi connectivity index (χ4n) is 1.12. The SMILES string of the molecule is C=C(C)C(N)=O.O=C1NS(=O)(=O)c2ccccc21. The fourth-order valence-corrected chi connectivity index (χ4v) is 2.29. The first-order chi connectivity index (χ1) is 8.25. The van der Waals surface area contributed by atoms with Crippen molar-refractivity contribution < 1.29 is 18.0 Å². The molecule has 0 saturated carbocycles. The second kappa shape index (κ2) is 5.01. The van der Waals surface area contributed by atoms with Crippen molar-refractivity contribution >= 4 is 21.8 Å². The lowest BCUT2D eigenvalue weighted by Gasteiger charge is -1.91. The Kier molecular flexibility index (Phi) is 3.87. The Balaban J connectivity index is 0.000000232. The molecule has 0 spiro atoms. The van der Waals surface area contributed by atoms with Crippen LogP contribution in [0.15, 0.2) is 41.3 Å². The Morgan fingerprint density at radius 1 is 1.33 bits per heavy atom. The fraction of sp³-hybridized carbons (Fsp3) is 0.0909. The van der Waals surface area contributed by atoms with Crippen LogP contribution in [0.1, 0.15) is 17.3 Å². The summed E-state index contributed by atoms with van der Waals surface area (Å²) in [6, 6.07) is 6.09. The quantitative estimate of drug-likeness (QED) is 0.708. The zero-order valence-corrected chi connectivity index (χ0v) is 10.5. The lowest BCUT2D eigenvalue weighted by atomic mass is 10.2. The van der Waals surface area contributed by atoms with E-state index < -0.39 is 21.8 Å². The zero-order valence-electron chi connectivity index (χ0n) is 9.64. The molecule has 0 fully saturated rings. The van der Waals surface area contributed by atoms with Gasteiger partial charge in [-0.3, -0.25) is 9.59 Å². The molecule has 0 aliphatic carbocycles. The summed E-state index contributed by atoms with van der Waals surface area (Å²) >= 11 is 0. The van der Waals surface area contributed by atoms with Gasteiger partial charge in [-0.15, -0.1) is 0 Å². The van der Waals surface area contributed by atoms with E-state index in [4.69, 9.17) is 5.73 Å². The lowest BCUT2D eigenvalue weighted by molar-refractivity contribution is -0.114. The van der Waals surface area contributed by atoms with Crippen LogP contribution in [0.3, 0.4) is 0 Å². The van der Waals surface area contributed by atoms with Gasteiger partial charge in [-0.2, -0.15) is 0 Å². The van der Waals surface area contributed by atoms with Crippen molar-refractivity contribution in [3.63, 3.8) is 0 Å². The van der Waals surface area contributed by atoms with E-state index in [1.807, 2.05) is 4.72 Å². The first-order valence-electron chi connectivity index (χ1n) is 4.87. The molecule has 0 atom stereocenters. The summed E-state index contributed by atoms with van der Waals surface area (Å²) in [5.41, 5.74) is 5.31. The summed E-state index contributed by atoms with van der Waals surface area (Å²) in [6.07, 6.45) is 0. The standard InChI is InChI=1S/C7H5NO3S.C4H7NO/c9-7-5-3-1-2-4-6(5)12(10,11)8-7;1-3(2)4(5)6/h1-4H,(H,8,9);1H2,2H3,(H2,5,6). The van der Waals surface area contributed by atoms with Gasteiger partial charge in [-0.25, -0.2) is 13.1 Å². The first kappa shape index (κ1) is 13.9. The van der Waals surface area contributed by atoms with Gasteiger partial charge >= 0.3 is 0 Å². The number of benzene rings is 1. The molecule has 1 aliphatic heterocycles. The van der Waals surface area contributed by atoms with Crippen molar-refractivity contribution in [2.24, 2.45) is 5.73 Å². The molecular weight excluding hydrogens is 256 g/mol. The van der Waals surface area contributed by atoms with Crippen LogP contribution < -0.4 is 10.5 Å². The van der Waals surface area contributed by atoms with Crippen LogP contribution in [0.5, 0.6) is 0 Å². The topological polar surface area (TPSA) is 106 Å². The summed E-state index contributed by atoms with van der Waals surface area (Å²) in [7, 11) is -3.55. The third kappa shape index (κ3) is 2.95. The number of nitrogens with two attached hydrogens (primary N) is 1. The Hall–Kier alpha value is -2.15. The van der Waals surface area contributed by atoms with E-state index >= 15 is 0 Å². The molecule has 1 heterocycles. The minimum Gasteiger partial charge on any atom is -0.366 e. The lowest BCUT2D eigenvalue weighted by Crippen LogP contribution is -2.20. The first-order valence-corrected chi connectivity index (χ1v) is 6.35. The molecular formula is C11H12N2O4S. The van der Waals surface area contributed by atoms with Gasteiger partial charge in [0.1, 0.15) is 4.90 Å². The van der Waals surface area contributed by atoms with Gasteiger partial charge in [0.05, 0.1) is 5.56 Å². The van der Waals surface area contributed by atoms with E-state index in [0.29, 0.717) is 5.57 Å². The average Bonchev–Trinajstić information content (AvgIpc) is 2.51. The predicted octanol–water partition coefficient (Wildman–Crippen LogP) is 0.166. The molecule has 1 aliphatic rings. The Labute approximate surface area is 105 Å². The molecule has 6 nitrogen and oxygen atoms in total. The number of amides is 2. The smallest absolute Gasteiger partial charge is 0.266 e. The van der Waals surface area contributed by atoms with Crippen molar-refractivity contribution in [3.8, 4) is 0 Å². The number of sulfonamides is 1. The monoisotopic (exact) mass is 268 g/mol. The van der Waals surface area contributed by atoms with E-state index in [1.54, 1.807) is 19.1 Å². The number of hydrogen-bond donors (Lipinski definition) is 2. The van der Waals surface area contributed by atoms with Crippen LogP contribution in [-0.2, 0) is 14.8 Å². The second-order valence-electron chi connectivity index (χ2n) is 3.58. The molecule has 0 unspecified atom stereocenters. The summed E-state index contributed by atoms with van der Waals surface area (Å²) in [4.78, 5) is 20.9. The normalized spacial score (nSPS) is 14.8. The highest BCUT2D eigenvalue weighted by Gasteiger charge is 2.31. The van der Waals surface area contributed by atoms with Crippen molar-refractivity contribution in [2.45, 2.75) is 11.8 Å². The van der Waals surface area contributed by atoms with Crippen LogP contribution >= 0.6 is 0 Å². The summed E-state index contributed by atoms with van der Waals surface area (Å²) in [5, 5.41) is 0. The van der Waals surface area contributed by atoms with Gasteiger partial charge in [0.25, 0.3) is 15.9 Å². The molecule has 3 N–H and O–H groups in total. The Bertz CT molecular complexity index is 608. The molecule has 2 amide bonds. The van der Waals surface area contributed by atoms with Gasteiger partial charge in [-0.1, -0.05) is 18.7 Å². The van der Waals surface area contributed by atoms with Crippen LogP contribution in [0.2, 0.25) is 0 Å². The van der Waals surface area contributed by atoms with Gasteiger partial charge in [-0.05, 0) is 19.1 Å². The van der Waals surface area contributed by atoms with Crippen molar-refractivity contribution in [1.29, 1.82) is 0 Å². The maximum Gasteiger partial charge on any atom is 0.266 e. The summed E-state index contributed by atoms with van der Waals surface area (Å²) in [5.74, 6) is -0.986. The molecule has 1 aromatic carbocycles. The summed E-state index contributed by atoms with van der Waals surface area (Å²) in [6.45, 7) is 4.85. The third-order valence-corrected chi connectivity index (χ3v) is 3.46. The maximum absolute atomic E-state index is 11.1. The minimum atomic E-state index is -3.55. The zero-order chi connectivity index (χ0) is 13.9. The highest BCUT2D eigenvalue weighted by atomic mass is 32.2. The number of carbonyl (C=O) groups excluding carboxylic acids is 2. The molecule has 96 valence electrons. The van der Waals surface area contributed by atoms with Crippen LogP contribution in [-0.4, -0.2) is 20.2 Å². The van der Waals surface area contributed by atoms with Crippen LogP contribution in [0.25, 0.3) is 0 Å². The third-order valence-electron chi connectivity index (χ3n) is 2.07. The van der Waals surface area contributed by atoms with Crippen molar-refractivity contribution in [2.75, 3.05) is 0 Å². The molecule has 0 bridgehead atoms. The maximum atomic E-state index is 11.1. The molecule has 2 rings (SSSR count). The Morgan fingerprint density at radius 2 is 1.83 bits per heavy atom. The van der Waals surface area contributed by atoms with E-state index in [1.165, 1.54) is 12.1 Å². The van der Waals surface area contributed by atoms with E-state index in [2.05, 4.69) is 6.58 Å². The molecule has 1 aromatic rings. The molecule has 7 heteroatoms. The Morgan fingerprint density at radius 3 is 2.28 bits per heavy atom. The second-order valence-corrected chi connectivity index (χ2v) is 5.23. The molecule has 0 radical (unpaired) electrons. The van der Waals surface area contributed by atoms with E-state index in [-0.39, 0.29) is 10.5 Å². The summed E-state index contributed by atoms with van der Waals surface area (Å²) < 4.78 is 24.2. The van der Waals surface area contributed by atoms with Crippen molar-refractivity contribution in [3.05, 3.63) is 42.0 Å². The number of hydrogen-bond acceptors (Lipinski definition) is 4. The number of nitrogens with one attached hydrogen (secondary N) is 1. The molecule has 18 heavy (non-hydrogen) atoms. The van der Waals surface area contributed by atoms with E-state index in [0.717, 1.165) is 0 Å². The van der Waals surface area contributed by atoms with E-state index in [9.17, 15) is 18.0 Å². The van der Waals surface area contributed by atoms with Gasteiger partial charge < -0.3 is 5.73 Å². The highest BCUT2D eigenvalue weighted by Crippen LogP contribution is 2.20. The van der Waals surface area contributed by atoms with Crippen molar-refractivity contribution in [1.82, 2.24) is 4.72 Å². The van der Waals surface area contributed by atoms with Gasteiger partial charge in [0.15, 0.2) is 0 Å². The van der Waals surface area contributed by atoms with Gasteiger partial charge in [0, 0.05) is 5.57 Å². The van der Waals surface area contributed by atoms with Gasteiger partial charge in [0.2, 0.25) is 5.91 Å². The predicted molar refractivity (Wildman–Crippen MR) is 65.1 cm³/mol. The number of rotatable bonds is 1. The number of carbonyl (C=O) groups is 2.